The Kier molecular flexibility index (Phi) is 5.77. The maximum absolute atomic E-state index is 12.8. The Balaban J connectivity index is 1.68. The molecule has 1 saturated heterocycles. The van der Waals surface area contributed by atoms with Crippen LogP contribution in [0.4, 0.5) is 5.82 Å². The molecule has 31 heavy (non-hydrogen) atoms. The lowest BCUT2D eigenvalue weighted by Gasteiger charge is -2.40. The molecule has 0 radical (unpaired) electrons. The molecule has 6 nitrogen and oxygen atoms in total. The number of nitriles is 1. The number of carbonyl (C=O) groups excluding carboxylic acids is 1. The quantitative estimate of drug-likeness (QED) is 0.619. The fourth-order valence-electron chi connectivity index (χ4n) is 4.10. The molecule has 0 N–H and O–H groups in total. The van der Waals surface area contributed by atoms with Gasteiger partial charge in [-0.2, -0.15) is 5.26 Å². The van der Waals surface area contributed by atoms with Gasteiger partial charge in [0.25, 0.3) is 5.91 Å². The van der Waals surface area contributed by atoms with E-state index in [1.165, 1.54) is 6.26 Å². The van der Waals surface area contributed by atoms with Crippen molar-refractivity contribution >= 4 is 11.7 Å². The van der Waals surface area contributed by atoms with Crippen LogP contribution >= 0.6 is 0 Å². The van der Waals surface area contributed by atoms with Crippen LogP contribution in [0.2, 0.25) is 0 Å². The highest BCUT2D eigenvalue weighted by atomic mass is 16.3. The number of pyridine rings is 1. The summed E-state index contributed by atoms with van der Waals surface area (Å²) < 4.78 is 5.29. The molecular weight excluding hydrogens is 388 g/mol. The second-order valence-corrected chi connectivity index (χ2v) is 8.20. The van der Waals surface area contributed by atoms with Crippen LogP contribution in [-0.2, 0) is 0 Å². The van der Waals surface area contributed by atoms with Crippen molar-refractivity contribution in [3.8, 4) is 17.3 Å². The fourth-order valence-corrected chi connectivity index (χ4v) is 4.10. The summed E-state index contributed by atoms with van der Waals surface area (Å²) in [6.45, 7) is 7.95. The average Bonchev–Trinajstić information content (AvgIpc) is 3.33. The third kappa shape index (κ3) is 4.04. The Bertz CT molecular complexity index is 1100. The molecule has 1 aromatic carbocycles. The van der Waals surface area contributed by atoms with E-state index in [1.807, 2.05) is 48.2 Å². The molecule has 2 aromatic heterocycles. The van der Waals surface area contributed by atoms with Crippen LogP contribution in [0.15, 0.2) is 59.2 Å². The number of amides is 1. The zero-order valence-corrected chi connectivity index (χ0v) is 18.1. The van der Waals surface area contributed by atoms with Gasteiger partial charge in [0, 0.05) is 31.2 Å². The van der Waals surface area contributed by atoms with Gasteiger partial charge in [-0.25, -0.2) is 4.98 Å². The largest absolute Gasteiger partial charge is 0.459 e. The Morgan fingerprint density at radius 2 is 1.97 bits per heavy atom. The number of carbonyl (C=O) groups is 1. The molecule has 3 heterocycles. The first-order valence-corrected chi connectivity index (χ1v) is 10.6. The summed E-state index contributed by atoms with van der Waals surface area (Å²) in [6.07, 6.45) is 1.51. The fraction of sp³-hybridized carbons (Fsp3) is 0.320. The lowest BCUT2D eigenvalue weighted by molar-refractivity contribution is 0.0641. The van der Waals surface area contributed by atoms with Crippen molar-refractivity contribution in [2.24, 2.45) is 0 Å². The molecule has 4 rings (SSSR count). The van der Waals surface area contributed by atoms with Crippen molar-refractivity contribution < 1.29 is 9.21 Å². The summed E-state index contributed by atoms with van der Waals surface area (Å²) in [7, 11) is 0. The van der Waals surface area contributed by atoms with E-state index in [0.717, 1.165) is 16.8 Å². The summed E-state index contributed by atoms with van der Waals surface area (Å²) in [6, 6.07) is 17.8. The normalized spacial score (nSPS) is 16.4. The number of furan rings is 1. The summed E-state index contributed by atoms with van der Waals surface area (Å²) in [4.78, 5) is 21.6. The lowest BCUT2D eigenvalue weighted by Crippen LogP contribution is -2.54. The standard InChI is InChI=1S/C25H26N4O2/c1-17(2)20-14-22(19-8-5-4-6-9-19)27-24(21(20)15-26)28-11-12-29(18(3)16-28)25(30)23-10-7-13-31-23/h4-10,13-14,17-18H,11-12,16H2,1-3H3. The highest BCUT2D eigenvalue weighted by Crippen LogP contribution is 2.32. The van der Waals surface area contributed by atoms with E-state index in [2.05, 4.69) is 24.8 Å². The second-order valence-electron chi connectivity index (χ2n) is 8.20. The molecule has 0 saturated carbocycles. The number of aromatic nitrogens is 1. The Labute approximate surface area is 182 Å². The van der Waals surface area contributed by atoms with Crippen LogP contribution in [-0.4, -0.2) is 41.5 Å². The number of hydrogen-bond donors (Lipinski definition) is 0. The molecule has 158 valence electrons. The molecule has 1 aliphatic heterocycles. The molecule has 1 atom stereocenters. The van der Waals surface area contributed by atoms with Crippen LogP contribution in [0.1, 0.15) is 48.4 Å². The van der Waals surface area contributed by atoms with E-state index in [9.17, 15) is 10.1 Å². The predicted octanol–water partition coefficient (Wildman–Crippen LogP) is 4.69. The van der Waals surface area contributed by atoms with Crippen LogP contribution in [0.25, 0.3) is 11.3 Å². The van der Waals surface area contributed by atoms with Crippen LogP contribution in [0.3, 0.4) is 0 Å². The SMILES string of the molecule is CC(C)c1cc(-c2ccccc2)nc(N2CCN(C(=O)c3ccco3)C(C)C2)c1C#N. The predicted molar refractivity (Wildman–Crippen MR) is 120 cm³/mol. The Hall–Kier alpha value is -3.59. The number of piperazine rings is 1. The molecule has 3 aromatic rings. The van der Waals surface area contributed by atoms with E-state index in [0.29, 0.717) is 36.8 Å². The first-order chi connectivity index (χ1) is 15.0. The third-order valence-electron chi connectivity index (χ3n) is 5.75. The zero-order chi connectivity index (χ0) is 22.0. The van der Waals surface area contributed by atoms with Gasteiger partial charge in [-0.1, -0.05) is 44.2 Å². The van der Waals surface area contributed by atoms with Gasteiger partial charge in [-0.15, -0.1) is 0 Å². The van der Waals surface area contributed by atoms with Gasteiger partial charge in [0.1, 0.15) is 11.9 Å². The molecule has 1 unspecified atom stereocenters. The number of anilines is 1. The van der Waals surface area contributed by atoms with Crippen molar-refractivity contribution in [1.82, 2.24) is 9.88 Å². The van der Waals surface area contributed by atoms with Gasteiger partial charge >= 0.3 is 0 Å². The van der Waals surface area contributed by atoms with Crippen LogP contribution in [0, 0.1) is 11.3 Å². The molecule has 1 fully saturated rings. The summed E-state index contributed by atoms with van der Waals surface area (Å²) in [5.74, 6) is 1.14. The van der Waals surface area contributed by atoms with Crippen molar-refractivity contribution in [2.45, 2.75) is 32.7 Å². The van der Waals surface area contributed by atoms with Crippen molar-refractivity contribution in [3.63, 3.8) is 0 Å². The van der Waals surface area contributed by atoms with E-state index < -0.39 is 0 Å². The molecular formula is C25H26N4O2. The zero-order valence-electron chi connectivity index (χ0n) is 18.1. The molecule has 0 aliphatic carbocycles. The maximum atomic E-state index is 12.8. The monoisotopic (exact) mass is 414 g/mol. The van der Waals surface area contributed by atoms with Gasteiger partial charge in [-0.3, -0.25) is 4.79 Å². The molecule has 6 heteroatoms. The van der Waals surface area contributed by atoms with Crippen LogP contribution in [0.5, 0.6) is 0 Å². The average molecular weight is 415 g/mol. The van der Waals surface area contributed by atoms with Gasteiger partial charge in [0.2, 0.25) is 0 Å². The maximum Gasteiger partial charge on any atom is 0.289 e. The van der Waals surface area contributed by atoms with Gasteiger partial charge in [0.15, 0.2) is 5.76 Å². The van der Waals surface area contributed by atoms with E-state index >= 15 is 0 Å². The topological polar surface area (TPSA) is 73.4 Å². The summed E-state index contributed by atoms with van der Waals surface area (Å²) in [5, 5.41) is 9.98. The molecule has 0 bridgehead atoms. The summed E-state index contributed by atoms with van der Waals surface area (Å²) >= 11 is 0. The smallest absolute Gasteiger partial charge is 0.289 e. The highest BCUT2D eigenvalue weighted by molar-refractivity contribution is 5.91. The van der Waals surface area contributed by atoms with E-state index in [1.54, 1.807) is 12.1 Å². The van der Waals surface area contributed by atoms with Crippen molar-refractivity contribution in [3.05, 3.63) is 71.7 Å². The summed E-state index contributed by atoms with van der Waals surface area (Å²) in [5.41, 5.74) is 3.50. The third-order valence-corrected chi connectivity index (χ3v) is 5.75. The Morgan fingerprint density at radius 1 is 1.19 bits per heavy atom. The van der Waals surface area contributed by atoms with Crippen molar-refractivity contribution in [2.75, 3.05) is 24.5 Å². The minimum Gasteiger partial charge on any atom is -0.459 e. The van der Waals surface area contributed by atoms with Gasteiger partial charge < -0.3 is 14.2 Å². The molecule has 0 spiro atoms. The van der Waals surface area contributed by atoms with Gasteiger partial charge in [0.05, 0.1) is 17.5 Å². The second kappa shape index (κ2) is 8.65. The first kappa shape index (κ1) is 20.7. The number of hydrogen-bond acceptors (Lipinski definition) is 5. The number of nitrogens with zero attached hydrogens (tertiary/aromatic N) is 4. The minimum atomic E-state index is -0.105. The first-order valence-electron chi connectivity index (χ1n) is 10.6. The molecule has 1 amide bonds. The van der Waals surface area contributed by atoms with E-state index in [-0.39, 0.29) is 17.9 Å². The minimum absolute atomic E-state index is 0.0393. The Morgan fingerprint density at radius 3 is 2.58 bits per heavy atom. The van der Waals surface area contributed by atoms with Crippen LogP contribution < -0.4 is 4.90 Å². The van der Waals surface area contributed by atoms with Crippen molar-refractivity contribution in [1.29, 1.82) is 5.26 Å². The highest BCUT2D eigenvalue weighted by Gasteiger charge is 2.31. The van der Waals surface area contributed by atoms with Gasteiger partial charge in [-0.05, 0) is 36.6 Å². The van der Waals surface area contributed by atoms with E-state index in [4.69, 9.17) is 9.40 Å². The molecule has 1 aliphatic rings. The number of rotatable bonds is 4. The number of benzene rings is 1. The lowest BCUT2D eigenvalue weighted by atomic mass is 9.95.